The maximum Gasteiger partial charge on any atom is 0.269 e. The molecule has 0 unspecified atom stereocenters. The van der Waals surface area contributed by atoms with E-state index in [1.165, 1.54) is 17.8 Å². The highest BCUT2D eigenvalue weighted by Gasteiger charge is 2.25. The number of pyridine rings is 1. The molecule has 3 aromatic rings. The zero-order valence-corrected chi connectivity index (χ0v) is 20.8. The van der Waals surface area contributed by atoms with Crippen molar-refractivity contribution in [2.45, 2.75) is 29.3 Å². The summed E-state index contributed by atoms with van der Waals surface area (Å²) in [5, 5.41) is 16.2. The highest BCUT2D eigenvalue weighted by atomic mass is 35.5. The summed E-state index contributed by atoms with van der Waals surface area (Å²) in [6.45, 7) is 3.90. The van der Waals surface area contributed by atoms with Crippen molar-refractivity contribution < 1.29 is 9.72 Å². The zero-order valence-electron chi connectivity index (χ0n) is 19.2. The minimum absolute atomic E-state index is 0.0523. The number of carbonyl (C=O) groups is 1. The van der Waals surface area contributed by atoms with Gasteiger partial charge in [-0.2, -0.15) is 0 Å². The number of nitro groups is 1. The number of likely N-dealkylation sites (tertiary alicyclic amines) is 1. The van der Waals surface area contributed by atoms with Gasteiger partial charge >= 0.3 is 0 Å². The maximum absolute atomic E-state index is 12.7. The van der Waals surface area contributed by atoms with Crippen LogP contribution >= 0.6 is 23.4 Å². The molecule has 0 spiro atoms. The Hall–Kier alpha value is -2.78. The first kappa shape index (κ1) is 25.3. The summed E-state index contributed by atoms with van der Waals surface area (Å²) in [7, 11) is 0. The molecule has 2 aromatic carbocycles. The number of nitrogens with one attached hydrogen (secondary N) is 1. The van der Waals surface area contributed by atoms with Gasteiger partial charge in [0.1, 0.15) is 5.03 Å². The molecule has 0 radical (unpaired) electrons. The summed E-state index contributed by atoms with van der Waals surface area (Å²) in [6, 6.07) is 17.8. The predicted molar refractivity (Wildman–Crippen MR) is 138 cm³/mol. The van der Waals surface area contributed by atoms with Crippen LogP contribution < -0.4 is 5.32 Å². The number of hydrogen-bond donors (Lipinski definition) is 1. The molecule has 1 aliphatic heterocycles. The van der Waals surface area contributed by atoms with Gasteiger partial charge in [-0.15, -0.1) is 0 Å². The lowest BCUT2D eigenvalue weighted by Gasteiger charge is -2.31. The van der Waals surface area contributed by atoms with E-state index in [0.29, 0.717) is 11.6 Å². The zero-order chi connectivity index (χ0) is 24.6. The molecule has 1 aromatic heterocycles. The first-order valence-electron chi connectivity index (χ1n) is 11.6. The highest BCUT2D eigenvalue weighted by Crippen LogP contribution is 2.31. The van der Waals surface area contributed by atoms with Crippen LogP contribution in [0.15, 0.2) is 76.8 Å². The van der Waals surface area contributed by atoms with E-state index in [-0.39, 0.29) is 22.3 Å². The average Bonchev–Trinajstić information content (AvgIpc) is 2.88. The molecular weight excluding hydrogens is 484 g/mol. The lowest BCUT2D eigenvalue weighted by Crippen LogP contribution is -2.39. The van der Waals surface area contributed by atoms with Gasteiger partial charge in [-0.1, -0.05) is 29.4 Å². The van der Waals surface area contributed by atoms with Crippen molar-refractivity contribution in [3.8, 4) is 0 Å². The fourth-order valence-corrected chi connectivity index (χ4v) is 5.18. The Bertz CT molecular complexity index is 1150. The molecule has 1 N–H and O–H groups in total. The number of nitro benzene ring substituents is 1. The number of hydrogen-bond acceptors (Lipinski definition) is 7. The first-order chi connectivity index (χ1) is 17.0. The van der Waals surface area contributed by atoms with Gasteiger partial charge in [-0.05, 0) is 74.0 Å². The van der Waals surface area contributed by atoms with Crippen molar-refractivity contribution in [3.05, 3.63) is 93.1 Å². The van der Waals surface area contributed by atoms with Gasteiger partial charge in [0.05, 0.1) is 4.92 Å². The first-order valence-corrected chi connectivity index (χ1v) is 12.8. The molecule has 4 rings (SSSR count). The van der Waals surface area contributed by atoms with E-state index in [9.17, 15) is 14.9 Å². The van der Waals surface area contributed by atoms with Crippen molar-refractivity contribution in [2.75, 3.05) is 26.2 Å². The summed E-state index contributed by atoms with van der Waals surface area (Å²) in [5.74, 6) is 0.250. The normalized spacial score (nSPS) is 14.7. The van der Waals surface area contributed by atoms with Crippen LogP contribution in [-0.4, -0.2) is 46.8 Å². The summed E-state index contributed by atoms with van der Waals surface area (Å²) < 4.78 is 0. The molecule has 7 nitrogen and oxygen atoms in total. The summed E-state index contributed by atoms with van der Waals surface area (Å²) >= 11 is 7.43. The third-order valence-corrected chi connectivity index (χ3v) is 7.44. The fourth-order valence-electron chi connectivity index (χ4n) is 4.17. The van der Waals surface area contributed by atoms with Gasteiger partial charge in [0.25, 0.3) is 5.69 Å². The number of halogens is 1. The number of carbonyl (C=O) groups excluding carboxylic acids is 1. The van der Waals surface area contributed by atoms with Crippen LogP contribution in [-0.2, 0) is 6.54 Å². The molecule has 1 fully saturated rings. The lowest BCUT2D eigenvalue weighted by molar-refractivity contribution is -0.385. The minimum atomic E-state index is -0.367. The molecule has 2 heterocycles. The number of rotatable bonds is 10. The lowest BCUT2D eigenvalue weighted by atomic mass is 9.89. The molecule has 0 saturated carbocycles. The minimum Gasteiger partial charge on any atom is -0.311 e. The van der Waals surface area contributed by atoms with Gasteiger partial charge < -0.3 is 10.2 Å². The SMILES string of the molecule is O=C(c1ccc(Cl)cc1)C1CCN(CCNCc2cc([N+](=O)[O-])ccc2Sc2ccccn2)CC1. The third-order valence-electron chi connectivity index (χ3n) is 6.11. The van der Waals surface area contributed by atoms with Crippen LogP contribution in [0.3, 0.4) is 0 Å². The Morgan fingerprint density at radius 1 is 1.14 bits per heavy atom. The van der Waals surface area contributed by atoms with Crippen LogP contribution in [0.5, 0.6) is 0 Å². The molecule has 0 bridgehead atoms. The number of piperidine rings is 1. The van der Waals surface area contributed by atoms with Crippen molar-refractivity contribution in [2.24, 2.45) is 5.92 Å². The maximum atomic E-state index is 12.7. The number of benzene rings is 2. The van der Waals surface area contributed by atoms with E-state index in [1.54, 1.807) is 42.6 Å². The molecule has 182 valence electrons. The molecule has 0 aliphatic carbocycles. The molecule has 1 aliphatic rings. The number of ketones is 1. The summed E-state index contributed by atoms with van der Waals surface area (Å²) in [5.41, 5.74) is 1.69. The average molecular weight is 511 g/mol. The van der Waals surface area contributed by atoms with Crippen molar-refractivity contribution >= 4 is 34.8 Å². The quantitative estimate of drug-likeness (QED) is 0.167. The topological polar surface area (TPSA) is 88.4 Å². The van der Waals surface area contributed by atoms with Crippen molar-refractivity contribution in [1.82, 2.24) is 15.2 Å². The highest BCUT2D eigenvalue weighted by molar-refractivity contribution is 7.99. The monoisotopic (exact) mass is 510 g/mol. The van der Waals surface area contributed by atoms with Gasteiger partial charge in [-0.3, -0.25) is 14.9 Å². The Morgan fingerprint density at radius 3 is 2.60 bits per heavy atom. The fraction of sp³-hybridized carbons (Fsp3) is 0.308. The Balaban J connectivity index is 1.26. The number of non-ortho nitro benzene ring substituents is 1. The predicted octanol–water partition coefficient (Wildman–Crippen LogP) is 5.48. The standard InChI is InChI=1S/C26H27ClN4O3S/c27-22-6-4-19(5-7-22)26(32)20-10-14-30(15-11-20)16-13-28-18-21-17-23(31(33)34)8-9-24(21)35-25-3-1-2-12-29-25/h1-9,12,17,20,28H,10-11,13-16,18H2. The van der Waals surface area contributed by atoms with E-state index >= 15 is 0 Å². The van der Waals surface area contributed by atoms with E-state index in [4.69, 9.17) is 11.6 Å². The second-order valence-corrected chi connectivity index (χ2v) is 9.98. The second kappa shape index (κ2) is 12.3. The number of Topliss-reactive ketones (excluding diaryl/α,β-unsaturated/α-hetero) is 1. The van der Waals surface area contributed by atoms with Gasteiger partial charge in [0.15, 0.2) is 5.78 Å². The molecule has 1 saturated heterocycles. The smallest absolute Gasteiger partial charge is 0.269 e. The van der Waals surface area contributed by atoms with E-state index < -0.39 is 0 Å². The largest absolute Gasteiger partial charge is 0.311 e. The van der Waals surface area contributed by atoms with Gasteiger partial charge in [0, 0.05) is 59.4 Å². The van der Waals surface area contributed by atoms with E-state index in [2.05, 4.69) is 15.2 Å². The van der Waals surface area contributed by atoms with Gasteiger partial charge in [0.2, 0.25) is 0 Å². The van der Waals surface area contributed by atoms with Crippen molar-refractivity contribution in [3.63, 3.8) is 0 Å². The Labute approximate surface area is 214 Å². The molecule has 35 heavy (non-hydrogen) atoms. The number of aromatic nitrogens is 1. The van der Waals surface area contributed by atoms with E-state index in [0.717, 1.165) is 60.1 Å². The third kappa shape index (κ3) is 7.11. The van der Waals surface area contributed by atoms with Crippen LogP contribution in [0.2, 0.25) is 5.02 Å². The van der Waals surface area contributed by atoms with Crippen LogP contribution in [0, 0.1) is 16.0 Å². The Morgan fingerprint density at radius 2 is 1.91 bits per heavy atom. The van der Waals surface area contributed by atoms with Crippen molar-refractivity contribution in [1.29, 1.82) is 0 Å². The molecular formula is C26H27ClN4O3S. The summed E-state index contributed by atoms with van der Waals surface area (Å²) in [4.78, 5) is 31.3. The summed E-state index contributed by atoms with van der Waals surface area (Å²) in [6.07, 6.45) is 3.42. The van der Waals surface area contributed by atoms with Crippen LogP contribution in [0.4, 0.5) is 5.69 Å². The number of nitrogens with zero attached hydrogens (tertiary/aromatic N) is 3. The second-order valence-electron chi connectivity index (χ2n) is 8.48. The van der Waals surface area contributed by atoms with E-state index in [1.807, 2.05) is 18.2 Å². The van der Waals surface area contributed by atoms with Crippen LogP contribution in [0.1, 0.15) is 28.8 Å². The molecule has 9 heteroatoms. The molecule has 0 atom stereocenters. The van der Waals surface area contributed by atoms with Crippen LogP contribution in [0.25, 0.3) is 0 Å². The van der Waals surface area contributed by atoms with Gasteiger partial charge in [-0.25, -0.2) is 4.98 Å². The molecule has 0 amide bonds. The Kier molecular flexibility index (Phi) is 8.87.